The molecule has 0 radical (unpaired) electrons. The predicted molar refractivity (Wildman–Crippen MR) is 132 cm³/mol. The topological polar surface area (TPSA) is 111 Å². The molecule has 0 saturated carbocycles. The van der Waals surface area contributed by atoms with Gasteiger partial charge in [-0.15, -0.1) is 0 Å². The molecule has 232 valence electrons. The van der Waals surface area contributed by atoms with Crippen molar-refractivity contribution in [2.24, 2.45) is 5.73 Å². The SMILES string of the molecule is CCN(CC)CCn1c(=O)n(Cc2ccccc2C(F)(F)F)c2c(C(F)(F)F)cc(C(N)=O)cc21.O=C(O)C(F)(F)F. The molecule has 1 amide bonds. The number of carboxylic acids is 1. The molecular weight excluding hydrogens is 591 g/mol. The van der Waals surface area contributed by atoms with E-state index in [0.29, 0.717) is 30.3 Å². The van der Waals surface area contributed by atoms with E-state index < -0.39 is 64.8 Å². The number of carbonyl (C=O) groups excluding carboxylic acids is 1. The number of amides is 1. The van der Waals surface area contributed by atoms with Crippen LogP contribution in [0, 0.1) is 0 Å². The van der Waals surface area contributed by atoms with Gasteiger partial charge in [-0.3, -0.25) is 13.9 Å². The fourth-order valence-corrected chi connectivity index (χ4v) is 4.06. The minimum atomic E-state index is -5.08. The van der Waals surface area contributed by atoms with Crippen LogP contribution in [0.4, 0.5) is 39.5 Å². The number of primary amides is 1. The zero-order chi connectivity index (χ0) is 32.2. The second-order valence-corrected chi connectivity index (χ2v) is 8.76. The van der Waals surface area contributed by atoms with E-state index in [1.807, 2.05) is 18.7 Å². The lowest BCUT2D eigenvalue weighted by Gasteiger charge is -2.18. The van der Waals surface area contributed by atoms with Crippen molar-refractivity contribution in [1.29, 1.82) is 0 Å². The number of nitrogens with zero attached hydrogens (tertiary/aromatic N) is 3. The third kappa shape index (κ3) is 8.04. The van der Waals surface area contributed by atoms with Crippen LogP contribution in [0.25, 0.3) is 11.0 Å². The number of rotatable bonds is 8. The molecule has 0 fully saturated rings. The first kappa shape index (κ1) is 34.2. The smallest absolute Gasteiger partial charge is 0.475 e. The number of carbonyl (C=O) groups is 2. The number of aliphatic carboxylic acids is 1. The first-order valence-electron chi connectivity index (χ1n) is 12.1. The highest BCUT2D eigenvalue weighted by Crippen LogP contribution is 2.37. The van der Waals surface area contributed by atoms with Gasteiger partial charge in [0.2, 0.25) is 5.91 Å². The molecule has 17 heteroatoms. The summed E-state index contributed by atoms with van der Waals surface area (Å²) < 4.78 is 116. The second-order valence-electron chi connectivity index (χ2n) is 8.76. The summed E-state index contributed by atoms with van der Waals surface area (Å²) in [5, 5.41) is 7.12. The Bertz CT molecular complexity index is 1480. The minimum Gasteiger partial charge on any atom is -0.475 e. The van der Waals surface area contributed by atoms with E-state index in [0.717, 1.165) is 28.8 Å². The van der Waals surface area contributed by atoms with E-state index in [4.69, 9.17) is 15.6 Å². The molecule has 3 rings (SSSR count). The highest BCUT2D eigenvalue weighted by atomic mass is 19.4. The normalized spacial score (nSPS) is 12.4. The number of likely N-dealkylation sites (N-methyl/N-ethyl adjacent to an activating group) is 1. The van der Waals surface area contributed by atoms with Crippen molar-refractivity contribution in [3.8, 4) is 0 Å². The average molecular weight is 616 g/mol. The minimum absolute atomic E-state index is 0.0373. The predicted octanol–water partition coefficient (Wildman–Crippen LogP) is 4.96. The van der Waals surface area contributed by atoms with E-state index >= 15 is 0 Å². The molecule has 0 saturated heterocycles. The lowest BCUT2D eigenvalue weighted by Crippen LogP contribution is -2.32. The third-order valence-corrected chi connectivity index (χ3v) is 6.13. The van der Waals surface area contributed by atoms with Crippen molar-refractivity contribution in [1.82, 2.24) is 14.0 Å². The molecule has 3 aromatic rings. The second kappa shape index (κ2) is 12.9. The lowest BCUT2D eigenvalue weighted by atomic mass is 10.1. The summed E-state index contributed by atoms with van der Waals surface area (Å²) >= 11 is 0. The Hall–Kier alpha value is -4.02. The van der Waals surface area contributed by atoms with Gasteiger partial charge in [0, 0.05) is 18.7 Å². The van der Waals surface area contributed by atoms with Gasteiger partial charge in [-0.25, -0.2) is 9.59 Å². The van der Waals surface area contributed by atoms with E-state index in [2.05, 4.69) is 0 Å². The standard InChI is InChI=1S/C23H24F6N4O2.C2HF3O2/c1-3-31(4-2)9-10-32-18-12-15(20(30)34)11-17(23(27,28)29)19(18)33(21(32)35)13-14-7-5-6-8-16(14)22(24,25)26;3-2(4,5)1(6)7/h5-8,11-12H,3-4,9-10,13H2,1-2H3,(H2,30,34);(H,6,7). The molecule has 0 bridgehead atoms. The van der Waals surface area contributed by atoms with Crippen LogP contribution in [0.3, 0.4) is 0 Å². The van der Waals surface area contributed by atoms with Gasteiger partial charge in [-0.1, -0.05) is 32.0 Å². The molecular formula is C25H25F9N4O4. The summed E-state index contributed by atoms with van der Waals surface area (Å²) in [5.74, 6) is -3.89. The zero-order valence-electron chi connectivity index (χ0n) is 22.0. The summed E-state index contributed by atoms with van der Waals surface area (Å²) in [4.78, 5) is 35.9. The summed E-state index contributed by atoms with van der Waals surface area (Å²) in [6, 6.07) is 5.97. The van der Waals surface area contributed by atoms with Gasteiger partial charge in [0.15, 0.2) is 0 Å². The van der Waals surface area contributed by atoms with Crippen molar-refractivity contribution in [3.63, 3.8) is 0 Å². The van der Waals surface area contributed by atoms with E-state index in [-0.39, 0.29) is 17.6 Å². The number of aromatic nitrogens is 2. The Labute approximate surface area is 231 Å². The van der Waals surface area contributed by atoms with Crippen molar-refractivity contribution >= 4 is 22.9 Å². The molecule has 0 aliphatic heterocycles. The van der Waals surface area contributed by atoms with Crippen molar-refractivity contribution in [3.05, 3.63) is 69.1 Å². The van der Waals surface area contributed by atoms with Crippen molar-refractivity contribution in [2.75, 3.05) is 19.6 Å². The number of alkyl halides is 9. The van der Waals surface area contributed by atoms with Crippen LogP contribution in [0.2, 0.25) is 0 Å². The van der Waals surface area contributed by atoms with Gasteiger partial charge in [-0.2, -0.15) is 39.5 Å². The van der Waals surface area contributed by atoms with Gasteiger partial charge in [0.1, 0.15) is 0 Å². The highest BCUT2D eigenvalue weighted by Gasteiger charge is 2.39. The first-order valence-corrected chi connectivity index (χ1v) is 12.1. The number of carboxylic acid groups (broad SMARTS) is 1. The van der Waals surface area contributed by atoms with Crippen molar-refractivity contribution in [2.45, 2.75) is 45.5 Å². The van der Waals surface area contributed by atoms with Gasteiger partial charge >= 0.3 is 30.2 Å². The number of hydrogen-bond acceptors (Lipinski definition) is 4. The quantitative estimate of drug-likeness (QED) is 0.348. The molecule has 42 heavy (non-hydrogen) atoms. The molecule has 1 heterocycles. The van der Waals surface area contributed by atoms with Crippen LogP contribution in [-0.2, 0) is 30.2 Å². The molecule has 0 aliphatic rings. The lowest BCUT2D eigenvalue weighted by molar-refractivity contribution is -0.192. The molecule has 0 unspecified atom stereocenters. The van der Waals surface area contributed by atoms with E-state index in [1.54, 1.807) is 0 Å². The van der Waals surface area contributed by atoms with Crippen LogP contribution < -0.4 is 11.4 Å². The number of fused-ring (bicyclic) bond motifs is 1. The molecule has 8 nitrogen and oxygen atoms in total. The Balaban J connectivity index is 0.000000782. The van der Waals surface area contributed by atoms with Crippen LogP contribution in [0.1, 0.15) is 40.9 Å². The van der Waals surface area contributed by atoms with Crippen LogP contribution in [0.15, 0.2) is 41.2 Å². The molecule has 1 aromatic heterocycles. The number of imidazole rings is 1. The molecule has 3 N–H and O–H groups in total. The fourth-order valence-electron chi connectivity index (χ4n) is 4.06. The van der Waals surface area contributed by atoms with Gasteiger partial charge < -0.3 is 15.7 Å². The molecule has 2 aromatic carbocycles. The molecule has 0 spiro atoms. The Morgan fingerprint density at radius 3 is 1.86 bits per heavy atom. The highest BCUT2D eigenvalue weighted by molar-refractivity contribution is 5.97. The van der Waals surface area contributed by atoms with Gasteiger partial charge in [0.05, 0.1) is 28.7 Å². The number of halogens is 9. The van der Waals surface area contributed by atoms with Crippen LogP contribution in [0.5, 0.6) is 0 Å². The largest absolute Gasteiger partial charge is 0.490 e. The zero-order valence-corrected chi connectivity index (χ0v) is 22.0. The summed E-state index contributed by atoms with van der Waals surface area (Å²) in [7, 11) is 0. The Kier molecular flexibility index (Phi) is 10.5. The fraction of sp³-hybridized carbons (Fsp3) is 0.400. The summed E-state index contributed by atoms with van der Waals surface area (Å²) in [5.41, 5.74) is 0.269. The number of benzene rings is 2. The third-order valence-electron chi connectivity index (χ3n) is 6.13. The molecule has 0 aliphatic carbocycles. The van der Waals surface area contributed by atoms with Gasteiger partial charge in [-0.05, 0) is 36.9 Å². The van der Waals surface area contributed by atoms with Gasteiger partial charge in [0.25, 0.3) is 0 Å². The Morgan fingerprint density at radius 2 is 1.40 bits per heavy atom. The van der Waals surface area contributed by atoms with E-state index in [1.165, 1.54) is 6.07 Å². The number of nitrogens with two attached hydrogens (primary N) is 1. The van der Waals surface area contributed by atoms with Crippen LogP contribution >= 0.6 is 0 Å². The maximum atomic E-state index is 14.0. The average Bonchev–Trinajstić information content (AvgIpc) is 3.13. The molecule has 0 atom stereocenters. The number of hydrogen-bond donors (Lipinski definition) is 2. The summed E-state index contributed by atoms with van der Waals surface area (Å²) in [6.45, 7) is 4.49. The van der Waals surface area contributed by atoms with Crippen LogP contribution in [-0.4, -0.2) is 56.8 Å². The first-order chi connectivity index (χ1) is 19.2. The monoisotopic (exact) mass is 616 g/mol. The maximum absolute atomic E-state index is 14.0. The Morgan fingerprint density at radius 1 is 0.881 bits per heavy atom. The maximum Gasteiger partial charge on any atom is 0.490 e. The van der Waals surface area contributed by atoms with E-state index in [9.17, 15) is 49.1 Å². The summed E-state index contributed by atoms with van der Waals surface area (Å²) in [6.07, 6.45) is -14.9. The van der Waals surface area contributed by atoms with Crippen molar-refractivity contribution < 1.29 is 54.2 Å².